The molecule has 0 unspecified atom stereocenters. The first kappa shape index (κ1) is 32.5. The molecule has 46 heavy (non-hydrogen) atoms. The van der Waals surface area contributed by atoms with Gasteiger partial charge in [-0.3, -0.25) is 0 Å². The summed E-state index contributed by atoms with van der Waals surface area (Å²) in [6, 6.07) is 17.6. The van der Waals surface area contributed by atoms with E-state index >= 15 is 0 Å². The van der Waals surface area contributed by atoms with E-state index in [1.54, 1.807) is 12.4 Å². The van der Waals surface area contributed by atoms with Crippen LogP contribution in [0.3, 0.4) is 0 Å². The Balaban J connectivity index is 1.24. The topological polar surface area (TPSA) is 44.2 Å². The molecule has 1 aromatic heterocycles. The summed E-state index contributed by atoms with van der Waals surface area (Å²) >= 11 is 0. The standard InChI is InChI=1S/C35H27F7N2O2/c1-2-3-4-5-22-20-43-33(44-21-22)24-6-12-27(13-7-24)34(38,39)45-28-14-8-23(9-15-28)25-10-16-29(30(36)18-25)26-11-17-32(31(37)19-26)46-35(40,41)42/h6-21H,2-5H2,1H3. The first-order chi connectivity index (χ1) is 21.9. The molecule has 5 rings (SSSR count). The number of alkyl halides is 5. The maximum absolute atomic E-state index is 15.0. The van der Waals surface area contributed by atoms with Crippen LogP contribution in [0.15, 0.2) is 97.3 Å². The number of nitrogens with zero attached hydrogens (tertiary/aromatic N) is 2. The van der Waals surface area contributed by atoms with Gasteiger partial charge in [-0.2, -0.15) is 8.78 Å². The van der Waals surface area contributed by atoms with Crippen molar-refractivity contribution in [2.45, 2.75) is 45.1 Å². The summed E-state index contributed by atoms with van der Waals surface area (Å²) in [6.45, 7) is 2.13. The summed E-state index contributed by atoms with van der Waals surface area (Å²) in [7, 11) is 0. The Morgan fingerprint density at radius 2 is 1.24 bits per heavy atom. The third-order valence-electron chi connectivity index (χ3n) is 7.12. The van der Waals surface area contributed by atoms with E-state index in [0.29, 0.717) is 22.5 Å². The van der Waals surface area contributed by atoms with E-state index in [-0.39, 0.29) is 22.4 Å². The average molecular weight is 641 g/mol. The molecule has 0 radical (unpaired) electrons. The molecule has 0 aliphatic heterocycles. The molecule has 0 saturated carbocycles. The van der Waals surface area contributed by atoms with Crippen molar-refractivity contribution >= 4 is 0 Å². The third-order valence-corrected chi connectivity index (χ3v) is 7.12. The van der Waals surface area contributed by atoms with Gasteiger partial charge in [0.2, 0.25) is 0 Å². The lowest BCUT2D eigenvalue weighted by atomic mass is 9.99. The Bertz CT molecular complexity index is 1770. The largest absolute Gasteiger partial charge is 0.573 e. The van der Waals surface area contributed by atoms with Crippen LogP contribution in [0.4, 0.5) is 30.7 Å². The molecular formula is C35H27F7N2O2. The molecule has 0 aliphatic rings. The molecule has 0 fully saturated rings. The molecule has 4 aromatic carbocycles. The summed E-state index contributed by atoms with van der Waals surface area (Å²) in [6.07, 6.45) is -1.07. The number of rotatable bonds is 11. The van der Waals surface area contributed by atoms with Crippen molar-refractivity contribution in [1.29, 1.82) is 0 Å². The number of hydrogen-bond donors (Lipinski definition) is 0. The Morgan fingerprint density at radius 1 is 0.630 bits per heavy atom. The van der Waals surface area contributed by atoms with Crippen molar-refractivity contribution in [3.63, 3.8) is 0 Å². The summed E-state index contributed by atoms with van der Waals surface area (Å²) in [5.41, 5.74) is 2.02. The molecule has 0 spiro atoms. The Hall–Kier alpha value is -4.93. The smallest absolute Gasteiger partial charge is 0.429 e. The zero-order chi connectivity index (χ0) is 32.9. The maximum atomic E-state index is 15.0. The Kier molecular flexibility index (Phi) is 9.60. The van der Waals surface area contributed by atoms with Gasteiger partial charge in [0.25, 0.3) is 0 Å². The minimum atomic E-state index is -5.08. The number of unbranched alkanes of at least 4 members (excludes halogenated alkanes) is 2. The van der Waals surface area contributed by atoms with E-state index in [0.717, 1.165) is 55.5 Å². The summed E-state index contributed by atoms with van der Waals surface area (Å²) in [5.74, 6) is -2.82. The fraction of sp³-hybridized carbons (Fsp3) is 0.200. The number of aromatic nitrogens is 2. The van der Waals surface area contributed by atoms with Gasteiger partial charge in [-0.15, -0.1) is 13.2 Å². The van der Waals surface area contributed by atoms with Gasteiger partial charge in [0.05, 0.1) is 5.56 Å². The van der Waals surface area contributed by atoms with E-state index in [1.165, 1.54) is 60.7 Å². The first-order valence-electron chi connectivity index (χ1n) is 14.4. The van der Waals surface area contributed by atoms with E-state index in [2.05, 4.69) is 21.6 Å². The molecule has 5 aromatic rings. The number of hydrogen-bond acceptors (Lipinski definition) is 4. The second-order valence-corrected chi connectivity index (χ2v) is 10.5. The van der Waals surface area contributed by atoms with Gasteiger partial charge < -0.3 is 9.47 Å². The summed E-state index contributed by atoms with van der Waals surface area (Å²) < 4.78 is 105. The van der Waals surface area contributed by atoms with Crippen LogP contribution >= 0.6 is 0 Å². The fourth-order valence-corrected chi connectivity index (χ4v) is 4.75. The molecule has 0 atom stereocenters. The van der Waals surface area contributed by atoms with Crippen molar-refractivity contribution in [3.05, 3.63) is 120 Å². The van der Waals surface area contributed by atoms with Gasteiger partial charge in [0.15, 0.2) is 17.4 Å². The molecule has 0 saturated heterocycles. The summed E-state index contributed by atoms with van der Waals surface area (Å²) in [4.78, 5) is 8.71. The van der Waals surface area contributed by atoms with Crippen LogP contribution in [0.2, 0.25) is 0 Å². The van der Waals surface area contributed by atoms with Gasteiger partial charge in [-0.1, -0.05) is 62.2 Å². The van der Waals surface area contributed by atoms with Crippen LogP contribution in [-0.4, -0.2) is 16.3 Å². The number of benzene rings is 4. The second kappa shape index (κ2) is 13.6. The zero-order valence-electron chi connectivity index (χ0n) is 24.4. The number of ether oxygens (including phenoxy) is 2. The zero-order valence-corrected chi connectivity index (χ0v) is 24.4. The second-order valence-electron chi connectivity index (χ2n) is 10.5. The van der Waals surface area contributed by atoms with E-state index in [1.807, 2.05) is 0 Å². The number of aryl methyl sites for hydroxylation is 1. The van der Waals surface area contributed by atoms with Gasteiger partial charge in [0.1, 0.15) is 11.6 Å². The van der Waals surface area contributed by atoms with Crippen LogP contribution in [0.25, 0.3) is 33.6 Å². The lowest BCUT2D eigenvalue weighted by molar-refractivity contribution is -0.275. The molecule has 1 heterocycles. The fourth-order valence-electron chi connectivity index (χ4n) is 4.75. The molecule has 0 bridgehead atoms. The maximum Gasteiger partial charge on any atom is 0.573 e. The average Bonchev–Trinajstić information content (AvgIpc) is 3.02. The van der Waals surface area contributed by atoms with Crippen molar-refractivity contribution in [1.82, 2.24) is 9.97 Å². The van der Waals surface area contributed by atoms with E-state index in [9.17, 15) is 30.7 Å². The van der Waals surface area contributed by atoms with Crippen molar-refractivity contribution in [3.8, 4) is 45.1 Å². The van der Waals surface area contributed by atoms with Crippen LogP contribution in [0, 0.1) is 11.6 Å². The van der Waals surface area contributed by atoms with Gasteiger partial charge >= 0.3 is 12.5 Å². The van der Waals surface area contributed by atoms with Crippen LogP contribution < -0.4 is 9.47 Å². The Morgan fingerprint density at radius 3 is 1.85 bits per heavy atom. The van der Waals surface area contributed by atoms with E-state index in [4.69, 9.17) is 4.74 Å². The van der Waals surface area contributed by atoms with E-state index < -0.39 is 29.9 Å². The quantitative estimate of drug-likeness (QED) is 0.106. The molecule has 11 heteroatoms. The van der Waals surface area contributed by atoms with Crippen molar-refractivity contribution < 1.29 is 40.2 Å². The minimum absolute atomic E-state index is 0.00155. The lowest BCUT2D eigenvalue weighted by Crippen LogP contribution is -2.21. The molecular weight excluding hydrogens is 613 g/mol. The van der Waals surface area contributed by atoms with Crippen LogP contribution in [0.1, 0.15) is 37.3 Å². The Labute approximate surface area is 260 Å². The van der Waals surface area contributed by atoms with Crippen molar-refractivity contribution in [2.75, 3.05) is 0 Å². The summed E-state index contributed by atoms with van der Waals surface area (Å²) in [5, 5.41) is 0. The van der Waals surface area contributed by atoms with Gasteiger partial charge in [-0.25, -0.2) is 18.7 Å². The highest BCUT2D eigenvalue weighted by Crippen LogP contribution is 2.35. The predicted molar refractivity (Wildman–Crippen MR) is 159 cm³/mol. The third kappa shape index (κ3) is 8.01. The molecule has 0 aliphatic carbocycles. The number of halogens is 7. The SMILES string of the molecule is CCCCCc1cnc(-c2ccc(C(F)(F)Oc3ccc(-c4ccc(-c5ccc(OC(F)(F)F)c(F)c5)c(F)c4)cc3)cc2)nc1. The van der Waals surface area contributed by atoms with Gasteiger partial charge in [-0.05, 0) is 77.6 Å². The molecule has 238 valence electrons. The highest BCUT2D eigenvalue weighted by Gasteiger charge is 2.35. The van der Waals surface area contributed by atoms with Gasteiger partial charge in [0, 0.05) is 23.5 Å². The highest BCUT2D eigenvalue weighted by molar-refractivity contribution is 5.71. The molecule has 0 amide bonds. The first-order valence-corrected chi connectivity index (χ1v) is 14.4. The monoisotopic (exact) mass is 640 g/mol. The minimum Gasteiger partial charge on any atom is -0.429 e. The van der Waals surface area contributed by atoms with Crippen LogP contribution in [-0.2, 0) is 12.5 Å². The lowest BCUT2D eigenvalue weighted by Gasteiger charge is -2.19. The van der Waals surface area contributed by atoms with Crippen LogP contribution in [0.5, 0.6) is 11.5 Å². The predicted octanol–water partition coefficient (Wildman–Crippen LogP) is 10.5. The highest BCUT2D eigenvalue weighted by atomic mass is 19.4. The normalized spacial score (nSPS) is 11.8. The molecule has 0 N–H and O–H groups in total. The van der Waals surface area contributed by atoms with Crippen molar-refractivity contribution in [2.24, 2.45) is 0 Å². The molecule has 4 nitrogen and oxygen atoms in total.